The molecule has 0 aromatic carbocycles. The second kappa shape index (κ2) is 5.68. The molecule has 3 nitrogen and oxygen atoms in total. The second-order valence-corrected chi connectivity index (χ2v) is 6.89. The monoisotopic (exact) mass is 242 g/mol. The number of aliphatic hydroxyl groups is 1. The summed E-state index contributed by atoms with van der Waals surface area (Å²) in [7, 11) is 2.09. The van der Waals surface area contributed by atoms with Gasteiger partial charge < -0.3 is 15.7 Å². The molecule has 2 unspecified atom stereocenters. The van der Waals surface area contributed by atoms with E-state index in [9.17, 15) is 5.11 Å². The predicted molar refractivity (Wildman–Crippen MR) is 72.9 cm³/mol. The molecule has 1 aliphatic carbocycles. The van der Waals surface area contributed by atoms with Crippen molar-refractivity contribution in [3.05, 3.63) is 0 Å². The Kier molecular flexibility index (Phi) is 4.99. The van der Waals surface area contributed by atoms with Gasteiger partial charge in [-0.1, -0.05) is 19.8 Å². The lowest BCUT2D eigenvalue weighted by Crippen LogP contribution is -2.47. The molecule has 0 aromatic heterocycles. The highest BCUT2D eigenvalue weighted by molar-refractivity contribution is 4.89. The largest absolute Gasteiger partial charge is 0.389 e. The smallest absolute Gasteiger partial charge is 0.0718 e. The standard InChI is InChI=1S/C14H30N2O/c1-12-6-5-7-14(8-12,9-15)11-16(4)10-13(2,3)17/h12,17H,5-11,15H2,1-4H3. The van der Waals surface area contributed by atoms with E-state index < -0.39 is 5.60 Å². The molecule has 1 saturated carbocycles. The summed E-state index contributed by atoms with van der Waals surface area (Å²) >= 11 is 0. The first-order chi connectivity index (χ1) is 7.76. The van der Waals surface area contributed by atoms with Gasteiger partial charge in [0.15, 0.2) is 0 Å². The summed E-state index contributed by atoms with van der Waals surface area (Å²) in [5.74, 6) is 0.794. The van der Waals surface area contributed by atoms with E-state index in [1.165, 1.54) is 25.7 Å². The highest BCUT2D eigenvalue weighted by atomic mass is 16.3. The van der Waals surface area contributed by atoms with Gasteiger partial charge in [0, 0.05) is 13.1 Å². The Bertz CT molecular complexity index is 237. The fraction of sp³-hybridized carbons (Fsp3) is 1.00. The molecular weight excluding hydrogens is 212 g/mol. The molecule has 0 aromatic rings. The molecule has 1 rings (SSSR count). The summed E-state index contributed by atoms with van der Waals surface area (Å²) in [4.78, 5) is 2.24. The van der Waals surface area contributed by atoms with Gasteiger partial charge in [0.1, 0.15) is 0 Å². The average molecular weight is 242 g/mol. The second-order valence-electron chi connectivity index (χ2n) is 6.89. The van der Waals surface area contributed by atoms with E-state index in [-0.39, 0.29) is 5.41 Å². The minimum Gasteiger partial charge on any atom is -0.389 e. The quantitative estimate of drug-likeness (QED) is 0.773. The summed E-state index contributed by atoms with van der Waals surface area (Å²) in [6, 6.07) is 0. The Morgan fingerprint density at radius 3 is 2.59 bits per heavy atom. The number of nitrogens with zero attached hydrogens (tertiary/aromatic N) is 1. The molecule has 3 N–H and O–H groups in total. The third kappa shape index (κ3) is 4.94. The van der Waals surface area contributed by atoms with Crippen LogP contribution < -0.4 is 5.73 Å². The first-order valence-corrected chi connectivity index (χ1v) is 6.87. The highest BCUT2D eigenvalue weighted by Gasteiger charge is 2.35. The predicted octanol–water partition coefficient (Wildman–Crippen LogP) is 1.84. The Morgan fingerprint density at radius 2 is 2.12 bits per heavy atom. The molecule has 1 fully saturated rings. The molecule has 17 heavy (non-hydrogen) atoms. The van der Waals surface area contributed by atoms with Crippen LogP contribution in [0.4, 0.5) is 0 Å². The van der Waals surface area contributed by atoms with Crippen LogP contribution >= 0.6 is 0 Å². The van der Waals surface area contributed by atoms with Crippen molar-refractivity contribution in [1.82, 2.24) is 4.90 Å². The van der Waals surface area contributed by atoms with Gasteiger partial charge >= 0.3 is 0 Å². The number of hydrogen-bond acceptors (Lipinski definition) is 3. The van der Waals surface area contributed by atoms with Crippen LogP contribution in [0, 0.1) is 11.3 Å². The third-order valence-corrected chi connectivity index (χ3v) is 3.88. The van der Waals surface area contributed by atoms with Crippen LogP contribution in [0.15, 0.2) is 0 Å². The molecule has 102 valence electrons. The van der Waals surface area contributed by atoms with Crippen molar-refractivity contribution in [2.45, 2.75) is 52.1 Å². The first-order valence-electron chi connectivity index (χ1n) is 6.87. The Hall–Kier alpha value is -0.120. The first kappa shape index (κ1) is 14.9. The zero-order valence-electron chi connectivity index (χ0n) is 12.0. The fourth-order valence-electron chi connectivity index (χ4n) is 3.45. The molecule has 3 heteroatoms. The zero-order valence-corrected chi connectivity index (χ0v) is 12.0. The fourth-order valence-corrected chi connectivity index (χ4v) is 3.45. The van der Waals surface area contributed by atoms with Crippen molar-refractivity contribution in [2.75, 3.05) is 26.7 Å². The molecule has 2 atom stereocenters. The number of hydrogen-bond donors (Lipinski definition) is 2. The van der Waals surface area contributed by atoms with Crippen LogP contribution in [0.5, 0.6) is 0 Å². The Labute approximate surface area is 106 Å². The van der Waals surface area contributed by atoms with E-state index in [2.05, 4.69) is 18.9 Å². The maximum absolute atomic E-state index is 9.85. The molecule has 1 aliphatic rings. The van der Waals surface area contributed by atoms with Crippen molar-refractivity contribution in [1.29, 1.82) is 0 Å². The van der Waals surface area contributed by atoms with Crippen LogP contribution in [0.25, 0.3) is 0 Å². The van der Waals surface area contributed by atoms with Crippen LogP contribution in [0.3, 0.4) is 0 Å². The maximum atomic E-state index is 9.85. The lowest BCUT2D eigenvalue weighted by Gasteiger charge is -2.42. The van der Waals surface area contributed by atoms with Gasteiger partial charge in [-0.15, -0.1) is 0 Å². The summed E-state index contributed by atoms with van der Waals surface area (Å²) in [5.41, 5.74) is 5.68. The summed E-state index contributed by atoms with van der Waals surface area (Å²) < 4.78 is 0. The zero-order chi connectivity index (χ0) is 13.1. The van der Waals surface area contributed by atoms with E-state index in [0.29, 0.717) is 6.54 Å². The number of rotatable bonds is 5. The summed E-state index contributed by atoms with van der Waals surface area (Å²) in [6.07, 6.45) is 5.12. The molecule has 0 saturated heterocycles. The summed E-state index contributed by atoms with van der Waals surface area (Å²) in [5, 5.41) is 9.85. The van der Waals surface area contributed by atoms with Crippen LogP contribution in [0.2, 0.25) is 0 Å². The normalized spacial score (nSPS) is 30.9. The van der Waals surface area contributed by atoms with Crippen LogP contribution in [-0.4, -0.2) is 42.3 Å². The van der Waals surface area contributed by atoms with Gasteiger partial charge in [0.25, 0.3) is 0 Å². The molecule has 0 aliphatic heterocycles. The lowest BCUT2D eigenvalue weighted by atomic mass is 9.69. The minimum atomic E-state index is -0.620. The van der Waals surface area contributed by atoms with E-state index >= 15 is 0 Å². The van der Waals surface area contributed by atoms with E-state index in [1.807, 2.05) is 13.8 Å². The van der Waals surface area contributed by atoms with Gasteiger partial charge in [-0.25, -0.2) is 0 Å². The Balaban J connectivity index is 2.56. The maximum Gasteiger partial charge on any atom is 0.0718 e. The van der Waals surface area contributed by atoms with Gasteiger partial charge in [-0.3, -0.25) is 0 Å². The third-order valence-electron chi connectivity index (χ3n) is 3.88. The van der Waals surface area contributed by atoms with Gasteiger partial charge in [-0.2, -0.15) is 0 Å². The summed E-state index contributed by atoms with van der Waals surface area (Å²) in [6.45, 7) is 8.55. The van der Waals surface area contributed by atoms with Crippen LogP contribution in [0.1, 0.15) is 46.5 Å². The van der Waals surface area contributed by atoms with Crippen molar-refractivity contribution in [3.8, 4) is 0 Å². The Morgan fingerprint density at radius 1 is 1.47 bits per heavy atom. The van der Waals surface area contributed by atoms with E-state index in [1.54, 1.807) is 0 Å². The average Bonchev–Trinajstić information content (AvgIpc) is 2.14. The molecule has 0 amide bonds. The molecule has 0 spiro atoms. The van der Waals surface area contributed by atoms with Crippen LogP contribution in [-0.2, 0) is 0 Å². The van der Waals surface area contributed by atoms with Gasteiger partial charge in [0.2, 0.25) is 0 Å². The molecule has 0 bridgehead atoms. The van der Waals surface area contributed by atoms with Crippen molar-refractivity contribution in [2.24, 2.45) is 17.1 Å². The lowest BCUT2D eigenvalue weighted by molar-refractivity contribution is 0.0204. The molecule has 0 radical (unpaired) electrons. The minimum absolute atomic E-state index is 0.275. The van der Waals surface area contributed by atoms with Gasteiger partial charge in [0.05, 0.1) is 5.60 Å². The number of likely N-dealkylation sites (N-methyl/N-ethyl adjacent to an activating group) is 1. The molecular formula is C14H30N2O. The topological polar surface area (TPSA) is 49.5 Å². The van der Waals surface area contributed by atoms with E-state index in [4.69, 9.17) is 5.73 Å². The van der Waals surface area contributed by atoms with Crippen molar-refractivity contribution in [3.63, 3.8) is 0 Å². The van der Waals surface area contributed by atoms with Crippen molar-refractivity contribution < 1.29 is 5.11 Å². The van der Waals surface area contributed by atoms with Crippen molar-refractivity contribution >= 4 is 0 Å². The van der Waals surface area contributed by atoms with Gasteiger partial charge in [-0.05, 0) is 51.6 Å². The SMILES string of the molecule is CC1CCCC(CN)(CN(C)CC(C)(C)O)C1. The number of nitrogens with two attached hydrogens (primary N) is 1. The molecule has 0 heterocycles. The van der Waals surface area contributed by atoms with E-state index in [0.717, 1.165) is 19.0 Å². The highest BCUT2D eigenvalue weighted by Crippen LogP contribution is 2.39.